The maximum absolute atomic E-state index is 13.4. The molecule has 210 valence electrons. The Kier molecular flexibility index (Phi) is 11.9. The third-order valence-corrected chi connectivity index (χ3v) is 7.38. The first-order chi connectivity index (χ1) is 17.3. The Hall–Kier alpha value is -2.35. The Morgan fingerprint density at radius 3 is 2.29 bits per heavy atom. The molecular weight excluding hydrogens is 523 g/mol. The fourth-order valence-corrected chi connectivity index (χ4v) is 5.30. The zero-order valence-corrected chi connectivity index (χ0v) is 24.6. The number of ether oxygens (including phenoxy) is 1. The van der Waals surface area contributed by atoms with E-state index in [1.54, 1.807) is 6.20 Å². The van der Waals surface area contributed by atoms with Gasteiger partial charge in [0.05, 0.1) is 6.20 Å². The van der Waals surface area contributed by atoms with Gasteiger partial charge in [-0.3, -0.25) is 19.5 Å². The number of halogens is 2. The number of piperazine rings is 1. The summed E-state index contributed by atoms with van der Waals surface area (Å²) in [4.78, 5) is 35.4. The van der Waals surface area contributed by atoms with E-state index in [4.69, 9.17) is 4.74 Å². The minimum Gasteiger partial charge on any atom is -0.456 e. The van der Waals surface area contributed by atoms with E-state index in [-0.39, 0.29) is 36.6 Å². The fraction of sp³-hybridized carbons (Fsp3) is 0.552. The summed E-state index contributed by atoms with van der Waals surface area (Å²) in [5.41, 5.74) is 1.44. The van der Waals surface area contributed by atoms with Crippen LogP contribution in [-0.4, -0.2) is 57.8 Å². The molecule has 0 aliphatic carbocycles. The summed E-state index contributed by atoms with van der Waals surface area (Å²) < 4.78 is 5.89. The molecule has 4 rings (SSSR count). The first-order valence-corrected chi connectivity index (χ1v) is 13.3. The molecule has 2 saturated heterocycles. The quantitative estimate of drug-likeness (QED) is 0.433. The second kappa shape index (κ2) is 14.2. The molecule has 2 aliphatic rings. The first kappa shape index (κ1) is 31.9. The topological polar surface area (TPSA) is 74.8 Å². The van der Waals surface area contributed by atoms with Gasteiger partial charge in [0.1, 0.15) is 23.1 Å². The molecule has 1 spiro atoms. The Labute approximate surface area is 239 Å². The molecule has 1 aromatic heterocycles. The Bertz CT molecular complexity index is 1040. The Balaban J connectivity index is 0.00000253. The summed E-state index contributed by atoms with van der Waals surface area (Å²) in [5, 5.41) is 3.09. The van der Waals surface area contributed by atoms with Crippen LogP contribution in [0.5, 0.6) is 11.5 Å². The minimum atomic E-state index is -0.712. The molecule has 2 aliphatic heterocycles. The molecular formula is C29H42Cl2N4O3. The van der Waals surface area contributed by atoms with Gasteiger partial charge in [-0.2, -0.15) is 0 Å². The number of rotatable bonds is 9. The number of carbonyl (C=O) groups excluding carboxylic acids is 2. The number of aromatic nitrogens is 1. The van der Waals surface area contributed by atoms with Gasteiger partial charge in [-0.1, -0.05) is 39.3 Å². The third-order valence-electron chi connectivity index (χ3n) is 7.38. The number of pyridine rings is 1. The molecule has 0 radical (unpaired) electrons. The van der Waals surface area contributed by atoms with Crippen molar-refractivity contribution in [3.63, 3.8) is 0 Å². The number of hydrogen-bond acceptors (Lipinski definition) is 5. The van der Waals surface area contributed by atoms with Gasteiger partial charge < -0.3 is 15.0 Å². The number of likely N-dealkylation sites (tertiary alicyclic amines) is 1. The van der Waals surface area contributed by atoms with Crippen LogP contribution < -0.4 is 10.1 Å². The van der Waals surface area contributed by atoms with Gasteiger partial charge in [-0.05, 0) is 68.4 Å². The standard InChI is InChI=1S/C29H40N4O3.2ClH/c1-5-6-15-33-27(34)26(18-21(2)3)31-28(35)29(33)13-16-32(17-14-29)20-23-8-11-24(12-9-23)36-25-10-7-22(4)30-19-25;;/h7-12,19,21,26H,5-6,13-18,20H2,1-4H3,(H,31,35);2*1H/t26-;;/m0../s1. The smallest absolute Gasteiger partial charge is 0.246 e. The summed E-state index contributed by atoms with van der Waals surface area (Å²) in [7, 11) is 0. The highest BCUT2D eigenvalue weighted by molar-refractivity contribution is 6.00. The lowest BCUT2D eigenvalue weighted by Crippen LogP contribution is -2.73. The lowest BCUT2D eigenvalue weighted by Gasteiger charge is -2.52. The number of piperidine rings is 1. The van der Waals surface area contributed by atoms with Gasteiger partial charge in [0.25, 0.3) is 0 Å². The van der Waals surface area contributed by atoms with Crippen LogP contribution in [0.4, 0.5) is 0 Å². The molecule has 0 bridgehead atoms. The van der Waals surface area contributed by atoms with Crippen LogP contribution in [0.15, 0.2) is 42.6 Å². The van der Waals surface area contributed by atoms with E-state index in [9.17, 15) is 9.59 Å². The van der Waals surface area contributed by atoms with E-state index in [1.807, 2.05) is 36.1 Å². The molecule has 2 fully saturated rings. The van der Waals surface area contributed by atoms with Gasteiger partial charge in [0.15, 0.2) is 0 Å². The maximum atomic E-state index is 13.4. The number of unbranched alkanes of at least 4 members (excludes halogenated alkanes) is 1. The second-order valence-corrected chi connectivity index (χ2v) is 10.7. The zero-order chi connectivity index (χ0) is 25.7. The number of aryl methyl sites for hydroxylation is 1. The van der Waals surface area contributed by atoms with Crippen molar-refractivity contribution in [1.29, 1.82) is 0 Å². The lowest BCUT2D eigenvalue weighted by atomic mass is 9.80. The lowest BCUT2D eigenvalue weighted by molar-refractivity contribution is -0.161. The molecule has 0 unspecified atom stereocenters. The van der Waals surface area contributed by atoms with Crippen molar-refractivity contribution in [3.8, 4) is 11.5 Å². The van der Waals surface area contributed by atoms with Crippen LogP contribution in [0.3, 0.4) is 0 Å². The average molecular weight is 566 g/mol. The Morgan fingerprint density at radius 2 is 1.71 bits per heavy atom. The van der Waals surface area contributed by atoms with E-state index >= 15 is 0 Å². The van der Waals surface area contributed by atoms with Crippen molar-refractivity contribution >= 4 is 36.6 Å². The van der Waals surface area contributed by atoms with E-state index in [0.29, 0.717) is 31.7 Å². The summed E-state index contributed by atoms with van der Waals surface area (Å²) in [6.45, 7) is 11.3. The molecule has 7 nitrogen and oxygen atoms in total. The highest BCUT2D eigenvalue weighted by Gasteiger charge is 2.53. The van der Waals surface area contributed by atoms with Gasteiger partial charge in [-0.25, -0.2) is 0 Å². The van der Waals surface area contributed by atoms with Gasteiger partial charge in [0.2, 0.25) is 11.8 Å². The van der Waals surface area contributed by atoms with E-state index in [1.165, 1.54) is 5.56 Å². The van der Waals surface area contributed by atoms with Crippen molar-refractivity contribution in [3.05, 3.63) is 53.9 Å². The van der Waals surface area contributed by atoms with Crippen molar-refractivity contribution in [1.82, 2.24) is 20.1 Å². The number of amides is 2. The molecule has 0 saturated carbocycles. The number of nitrogens with one attached hydrogen (secondary N) is 1. The van der Waals surface area contributed by atoms with Crippen LogP contribution in [-0.2, 0) is 16.1 Å². The van der Waals surface area contributed by atoms with Crippen molar-refractivity contribution < 1.29 is 14.3 Å². The van der Waals surface area contributed by atoms with Crippen molar-refractivity contribution in [2.45, 2.75) is 77.9 Å². The number of carbonyl (C=O) groups is 2. The molecule has 9 heteroatoms. The Morgan fingerprint density at radius 1 is 1.05 bits per heavy atom. The summed E-state index contributed by atoms with van der Waals surface area (Å²) in [5.74, 6) is 1.99. The summed E-state index contributed by atoms with van der Waals surface area (Å²) >= 11 is 0. The summed E-state index contributed by atoms with van der Waals surface area (Å²) in [6.07, 6.45) is 5.69. The van der Waals surface area contributed by atoms with Crippen LogP contribution in [0, 0.1) is 12.8 Å². The number of nitrogens with zero attached hydrogens (tertiary/aromatic N) is 3. The van der Waals surface area contributed by atoms with Crippen LogP contribution in [0.2, 0.25) is 0 Å². The largest absolute Gasteiger partial charge is 0.456 e. The van der Waals surface area contributed by atoms with E-state index in [2.05, 4.69) is 48.1 Å². The van der Waals surface area contributed by atoms with E-state index < -0.39 is 11.6 Å². The van der Waals surface area contributed by atoms with Crippen molar-refractivity contribution in [2.75, 3.05) is 19.6 Å². The number of benzene rings is 1. The zero-order valence-electron chi connectivity index (χ0n) is 22.9. The highest BCUT2D eigenvalue weighted by Crippen LogP contribution is 2.35. The highest BCUT2D eigenvalue weighted by atomic mass is 35.5. The van der Waals surface area contributed by atoms with Crippen LogP contribution >= 0.6 is 24.8 Å². The van der Waals surface area contributed by atoms with Gasteiger partial charge >= 0.3 is 0 Å². The molecule has 2 aromatic rings. The monoisotopic (exact) mass is 564 g/mol. The average Bonchev–Trinajstić information content (AvgIpc) is 2.86. The molecule has 3 heterocycles. The molecule has 1 N–H and O–H groups in total. The minimum absolute atomic E-state index is 0. The van der Waals surface area contributed by atoms with Crippen molar-refractivity contribution in [2.24, 2.45) is 5.92 Å². The third kappa shape index (κ3) is 7.39. The maximum Gasteiger partial charge on any atom is 0.246 e. The first-order valence-electron chi connectivity index (χ1n) is 13.3. The molecule has 1 aromatic carbocycles. The number of hydrogen-bond donors (Lipinski definition) is 1. The van der Waals surface area contributed by atoms with Crippen LogP contribution in [0.1, 0.15) is 64.1 Å². The predicted octanol–water partition coefficient (Wildman–Crippen LogP) is 5.53. The van der Waals surface area contributed by atoms with Gasteiger partial charge in [0, 0.05) is 31.9 Å². The van der Waals surface area contributed by atoms with E-state index in [0.717, 1.165) is 49.7 Å². The SMILES string of the molecule is CCCCN1C(=O)[C@H](CC(C)C)NC(=O)C12CCN(Cc1ccc(Oc3ccc(C)nc3)cc1)CC2.Cl.Cl. The molecule has 1 atom stereocenters. The molecule has 38 heavy (non-hydrogen) atoms. The van der Waals surface area contributed by atoms with Crippen LogP contribution in [0.25, 0.3) is 0 Å². The summed E-state index contributed by atoms with van der Waals surface area (Å²) in [6, 6.07) is 11.6. The van der Waals surface area contributed by atoms with Gasteiger partial charge in [-0.15, -0.1) is 24.8 Å². The fourth-order valence-electron chi connectivity index (χ4n) is 5.30. The normalized spacial score (nSPS) is 19.1. The molecule has 2 amide bonds. The second-order valence-electron chi connectivity index (χ2n) is 10.7. The predicted molar refractivity (Wildman–Crippen MR) is 155 cm³/mol.